The molecule has 4 nitrogen and oxygen atoms in total. The van der Waals surface area contributed by atoms with Crippen molar-refractivity contribution in [1.29, 1.82) is 0 Å². The van der Waals surface area contributed by atoms with Crippen molar-refractivity contribution in [2.75, 3.05) is 26.3 Å². The molecule has 0 radical (unpaired) electrons. The summed E-state index contributed by atoms with van der Waals surface area (Å²) in [6.45, 7) is 4.14. The first-order valence-corrected chi connectivity index (χ1v) is 4.81. The highest BCUT2D eigenvalue weighted by Crippen LogP contribution is 2.10. The third kappa shape index (κ3) is 4.24. The maximum Gasteiger partial charge on any atom is 0.319 e. The number of hydrogen-bond donors (Lipinski definition) is 1. The molecule has 1 aliphatic rings. The molecule has 1 rings (SSSR count). The van der Waals surface area contributed by atoms with Crippen LogP contribution in [0.2, 0.25) is 0 Å². The number of rotatable bonds is 5. The maximum absolute atomic E-state index is 10.9. The van der Waals surface area contributed by atoms with Crippen LogP contribution in [-0.2, 0) is 14.3 Å². The largest absolute Gasteiger partial charge is 0.465 e. The van der Waals surface area contributed by atoms with E-state index in [-0.39, 0.29) is 18.6 Å². The van der Waals surface area contributed by atoms with Gasteiger partial charge < -0.3 is 14.8 Å². The van der Waals surface area contributed by atoms with Crippen molar-refractivity contribution in [2.24, 2.45) is 0 Å². The predicted molar refractivity (Wildman–Crippen MR) is 48.5 cm³/mol. The van der Waals surface area contributed by atoms with Gasteiger partial charge in [0, 0.05) is 13.2 Å². The number of nitrogens with one attached hydrogen (secondary N) is 1. The molecule has 0 aromatic carbocycles. The van der Waals surface area contributed by atoms with E-state index in [1.807, 2.05) is 0 Å². The number of carbonyl (C=O) groups excluding carboxylic acids is 1. The van der Waals surface area contributed by atoms with Gasteiger partial charge in [-0.2, -0.15) is 0 Å². The van der Waals surface area contributed by atoms with Gasteiger partial charge in [-0.25, -0.2) is 0 Å². The van der Waals surface area contributed by atoms with Crippen LogP contribution in [0, 0.1) is 0 Å². The molecule has 0 bridgehead atoms. The molecular formula is C9H17NO3. The molecule has 4 heteroatoms. The minimum atomic E-state index is -0.194. The van der Waals surface area contributed by atoms with Crippen molar-refractivity contribution < 1.29 is 14.3 Å². The van der Waals surface area contributed by atoms with Crippen LogP contribution in [0.3, 0.4) is 0 Å². The zero-order valence-electron chi connectivity index (χ0n) is 8.04. The summed E-state index contributed by atoms with van der Waals surface area (Å²) in [5, 5.41) is 3.01. The summed E-state index contributed by atoms with van der Waals surface area (Å²) >= 11 is 0. The molecule has 1 fully saturated rings. The molecule has 0 aromatic heterocycles. The summed E-state index contributed by atoms with van der Waals surface area (Å²) in [6.07, 6.45) is 2.51. The Morgan fingerprint density at radius 2 is 2.54 bits per heavy atom. The maximum atomic E-state index is 10.9. The van der Waals surface area contributed by atoms with Gasteiger partial charge in [0.05, 0.1) is 19.3 Å². The Balaban J connectivity index is 1.96. The van der Waals surface area contributed by atoms with Gasteiger partial charge in [-0.3, -0.25) is 4.79 Å². The molecule has 13 heavy (non-hydrogen) atoms. The van der Waals surface area contributed by atoms with E-state index in [0.29, 0.717) is 6.61 Å². The van der Waals surface area contributed by atoms with Crippen LogP contribution in [0.5, 0.6) is 0 Å². The number of esters is 1. The van der Waals surface area contributed by atoms with E-state index in [0.717, 1.165) is 26.0 Å². The minimum Gasteiger partial charge on any atom is -0.465 e. The zero-order chi connectivity index (χ0) is 9.52. The van der Waals surface area contributed by atoms with Crippen molar-refractivity contribution in [3.05, 3.63) is 0 Å². The molecule has 1 aliphatic heterocycles. The van der Waals surface area contributed by atoms with Crippen LogP contribution in [0.25, 0.3) is 0 Å². The van der Waals surface area contributed by atoms with Gasteiger partial charge in [-0.05, 0) is 19.8 Å². The summed E-state index contributed by atoms with van der Waals surface area (Å²) in [4.78, 5) is 10.9. The number of carbonyl (C=O) groups is 1. The Bertz CT molecular complexity index is 155. The average molecular weight is 187 g/mol. The molecule has 0 aromatic rings. The third-order valence-electron chi connectivity index (χ3n) is 1.97. The van der Waals surface area contributed by atoms with Crippen LogP contribution in [-0.4, -0.2) is 38.4 Å². The van der Waals surface area contributed by atoms with Crippen molar-refractivity contribution in [3.63, 3.8) is 0 Å². The van der Waals surface area contributed by atoms with E-state index in [4.69, 9.17) is 9.47 Å². The third-order valence-corrected chi connectivity index (χ3v) is 1.97. The molecule has 0 unspecified atom stereocenters. The Hall–Kier alpha value is -0.610. The first-order chi connectivity index (χ1) is 6.33. The number of hydrogen-bond acceptors (Lipinski definition) is 4. The van der Waals surface area contributed by atoms with E-state index < -0.39 is 0 Å². The lowest BCUT2D eigenvalue weighted by Gasteiger charge is -2.09. The fourth-order valence-electron chi connectivity index (χ4n) is 1.35. The van der Waals surface area contributed by atoms with Crippen molar-refractivity contribution in [3.8, 4) is 0 Å². The molecule has 0 aliphatic carbocycles. The van der Waals surface area contributed by atoms with Crippen molar-refractivity contribution >= 4 is 5.97 Å². The highest BCUT2D eigenvalue weighted by Gasteiger charge is 2.14. The van der Waals surface area contributed by atoms with Crippen LogP contribution in [0.1, 0.15) is 19.8 Å². The zero-order valence-corrected chi connectivity index (χ0v) is 8.04. The van der Waals surface area contributed by atoms with Gasteiger partial charge in [0.1, 0.15) is 0 Å². The quantitative estimate of drug-likeness (QED) is 0.630. The monoisotopic (exact) mass is 187 g/mol. The highest BCUT2D eigenvalue weighted by molar-refractivity contribution is 5.71. The van der Waals surface area contributed by atoms with Gasteiger partial charge in [0.15, 0.2) is 0 Å². The molecule has 1 heterocycles. The molecule has 1 N–H and O–H groups in total. The summed E-state index contributed by atoms with van der Waals surface area (Å²) in [6, 6.07) is 0. The first kappa shape index (κ1) is 10.5. The summed E-state index contributed by atoms with van der Waals surface area (Å²) in [5.41, 5.74) is 0. The van der Waals surface area contributed by atoms with Gasteiger partial charge in [-0.1, -0.05) is 0 Å². The first-order valence-electron chi connectivity index (χ1n) is 4.81. The molecule has 1 atom stereocenters. The number of ether oxygens (including phenoxy) is 2. The second-order valence-electron chi connectivity index (χ2n) is 3.07. The SMILES string of the molecule is CCOC(=O)CNC[C@@H]1CCCO1. The Labute approximate surface area is 78.6 Å². The second-order valence-corrected chi connectivity index (χ2v) is 3.07. The predicted octanol–water partition coefficient (Wildman–Crippen LogP) is 0.318. The topological polar surface area (TPSA) is 47.6 Å². The highest BCUT2D eigenvalue weighted by atomic mass is 16.5. The molecule has 76 valence electrons. The lowest BCUT2D eigenvalue weighted by atomic mass is 10.2. The van der Waals surface area contributed by atoms with Gasteiger partial charge >= 0.3 is 5.97 Å². The van der Waals surface area contributed by atoms with E-state index in [2.05, 4.69) is 5.32 Å². The van der Waals surface area contributed by atoms with Crippen LogP contribution < -0.4 is 5.32 Å². The fraction of sp³-hybridized carbons (Fsp3) is 0.889. The minimum absolute atomic E-state index is 0.194. The molecule has 0 saturated carbocycles. The molecule has 0 amide bonds. The van der Waals surface area contributed by atoms with E-state index in [1.54, 1.807) is 6.92 Å². The summed E-state index contributed by atoms with van der Waals surface area (Å²) in [5.74, 6) is -0.194. The normalized spacial score (nSPS) is 21.8. The van der Waals surface area contributed by atoms with E-state index >= 15 is 0 Å². The Morgan fingerprint density at radius 3 is 3.15 bits per heavy atom. The summed E-state index contributed by atoms with van der Waals surface area (Å²) < 4.78 is 10.1. The van der Waals surface area contributed by atoms with Gasteiger partial charge in [-0.15, -0.1) is 0 Å². The standard InChI is InChI=1S/C9H17NO3/c1-2-12-9(11)7-10-6-8-4-3-5-13-8/h8,10H,2-7H2,1H3/t8-/m0/s1. The average Bonchev–Trinajstić information content (AvgIpc) is 2.57. The van der Waals surface area contributed by atoms with Gasteiger partial charge in [0.25, 0.3) is 0 Å². The molecular weight excluding hydrogens is 170 g/mol. The van der Waals surface area contributed by atoms with Crippen LogP contribution in [0.15, 0.2) is 0 Å². The second kappa shape index (κ2) is 5.94. The van der Waals surface area contributed by atoms with Crippen LogP contribution in [0.4, 0.5) is 0 Å². The summed E-state index contributed by atoms with van der Waals surface area (Å²) in [7, 11) is 0. The lowest BCUT2D eigenvalue weighted by Crippen LogP contribution is -2.31. The smallest absolute Gasteiger partial charge is 0.319 e. The van der Waals surface area contributed by atoms with E-state index in [1.165, 1.54) is 0 Å². The molecule has 1 saturated heterocycles. The van der Waals surface area contributed by atoms with Crippen molar-refractivity contribution in [1.82, 2.24) is 5.32 Å². The molecule has 0 spiro atoms. The van der Waals surface area contributed by atoms with E-state index in [9.17, 15) is 4.79 Å². The van der Waals surface area contributed by atoms with Crippen molar-refractivity contribution in [2.45, 2.75) is 25.9 Å². The fourth-order valence-corrected chi connectivity index (χ4v) is 1.35. The lowest BCUT2D eigenvalue weighted by molar-refractivity contribution is -0.142. The van der Waals surface area contributed by atoms with Crippen LogP contribution >= 0.6 is 0 Å². The Morgan fingerprint density at radius 1 is 1.69 bits per heavy atom. The van der Waals surface area contributed by atoms with Gasteiger partial charge in [0.2, 0.25) is 0 Å². The Kier molecular flexibility index (Phi) is 4.78.